The van der Waals surface area contributed by atoms with E-state index in [9.17, 15) is 18.7 Å². The van der Waals surface area contributed by atoms with Crippen molar-refractivity contribution in [2.75, 3.05) is 7.05 Å². The summed E-state index contributed by atoms with van der Waals surface area (Å²) in [4.78, 5) is 14.2. The van der Waals surface area contributed by atoms with Gasteiger partial charge in [0, 0.05) is 30.0 Å². The van der Waals surface area contributed by atoms with Crippen LogP contribution in [0.3, 0.4) is 0 Å². The molecule has 1 N–H and O–H groups in total. The Bertz CT molecular complexity index is 967. The number of halogens is 2. The zero-order valence-electron chi connectivity index (χ0n) is 18.4. The summed E-state index contributed by atoms with van der Waals surface area (Å²) in [5.74, 6) is 0.157. The molecule has 0 saturated heterocycles. The van der Waals surface area contributed by atoms with Gasteiger partial charge in [-0.05, 0) is 79.2 Å². The number of fused-ring (bicyclic) bond motifs is 5. The highest BCUT2D eigenvalue weighted by atomic mass is 19.1. The van der Waals surface area contributed by atoms with Crippen LogP contribution in [0.2, 0.25) is 0 Å². The van der Waals surface area contributed by atoms with E-state index < -0.39 is 17.7 Å². The van der Waals surface area contributed by atoms with Gasteiger partial charge in [0.05, 0.1) is 6.10 Å². The summed E-state index contributed by atoms with van der Waals surface area (Å²) in [5, 5.41) is 11.3. The third kappa shape index (κ3) is 3.03. The van der Waals surface area contributed by atoms with Crippen LogP contribution in [0.4, 0.5) is 8.78 Å². The van der Waals surface area contributed by atoms with Crippen LogP contribution in [0, 0.1) is 40.2 Å². The molecule has 3 nitrogen and oxygen atoms in total. The summed E-state index contributed by atoms with van der Waals surface area (Å²) in [6.45, 7) is 4.49. The first-order chi connectivity index (χ1) is 14.6. The van der Waals surface area contributed by atoms with Crippen molar-refractivity contribution >= 4 is 12.0 Å². The van der Waals surface area contributed by atoms with E-state index in [-0.39, 0.29) is 22.8 Å². The Kier molecular flexibility index (Phi) is 4.71. The first-order valence-corrected chi connectivity index (χ1v) is 11.4. The van der Waals surface area contributed by atoms with Crippen LogP contribution in [-0.4, -0.2) is 35.1 Å². The van der Waals surface area contributed by atoms with Gasteiger partial charge in [-0.3, -0.25) is 4.79 Å². The van der Waals surface area contributed by atoms with E-state index in [1.807, 2.05) is 11.9 Å². The third-order valence-corrected chi connectivity index (χ3v) is 9.23. The van der Waals surface area contributed by atoms with Crippen molar-refractivity contribution in [3.63, 3.8) is 0 Å². The average Bonchev–Trinajstić information content (AvgIpc) is 2.95. The van der Waals surface area contributed by atoms with Crippen LogP contribution in [0.5, 0.6) is 0 Å². The number of benzene rings is 1. The second-order valence-corrected chi connectivity index (χ2v) is 10.7. The van der Waals surface area contributed by atoms with Crippen molar-refractivity contribution in [3.8, 4) is 0 Å². The molecule has 5 rings (SSSR count). The largest absolute Gasteiger partial charge is 0.388 e. The van der Waals surface area contributed by atoms with Gasteiger partial charge in [-0.1, -0.05) is 26.0 Å². The third-order valence-electron chi connectivity index (χ3n) is 9.23. The first kappa shape index (κ1) is 20.9. The minimum Gasteiger partial charge on any atom is -0.388 e. The van der Waals surface area contributed by atoms with Crippen molar-refractivity contribution in [1.29, 1.82) is 0 Å². The van der Waals surface area contributed by atoms with E-state index >= 15 is 0 Å². The Morgan fingerprint density at radius 2 is 1.81 bits per heavy atom. The summed E-state index contributed by atoms with van der Waals surface area (Å²) in [6.07, 6.45) is 9.80. The Morgan fingerprint density at radius 3 is 2.52 bits per heavy atom. The lowest BCUT2D eigenvalue weighted by atomic mass is 9.48. The van der Waals surface area contributed by atoms with Crippen molar-refractivity contribution < 1.29 is 18.7 Å². The number of nitrogens with zero attached hydrogens (tertiary/aromatic N) is 1. The second kappa shape index (κ2) is 6.99. The lowest BCUT2D eigenvalue weighted by molar-refractivity contribution is -0.140. The van der Waals surface area contributed by atoms with Gasteiger partial charge >= 0.3 is 0 Å². The lowest BCUT2D eigenvalue weighted by Gasteiger charge is -2.59. The molecule has 3 aliphatic carbocycles. The first-order valence-electron chi connectivity index (χ1n) is 11.4. The molecule has 3 saturated carbocycles. The van der Waals surface area contributed by atoms with Crippen molar-refractivity contribution in [3.05, 3.63) is 53.1 Å². The Hall–Kier alpha value is -2.01. The molecule has 1 aliphatic heterocycles. The highest BCUT2D eigenvalue weighted by molar-refractivity contribution is 5.89. The minimum atomic E-state index is -0.600. The molecule has 1 heterocycles. The van der Waals surface area contributed by atoms with Gasteiger partial charge < -0.3 is 10.0 Å². The van der Waals surface area contributed by atoms with Gasteiger partial charge in [0.2, 0.25) is 5.91 Å². The molecular weight excluding hydrogens is 396 g/mol. The molecule has 5 heteroatoms. The molecule has 1 aromatic carbocycles. The Balaban J connectivity index is 1.48. The number of rotatable bonds is 1. The highest BCUT2D eigenvalue weighted by Gasteiger charge is 2.61. The standard InChI is InChI=1S/C26H31F2NO2/c1-25-9-7-23(30)29(3)22(25)5-4-19-20(25)6-8-26(2)21(19)13-16(24(26)31)10-15-11-17(27)14-18(28)12-15/h7,9-12,14,19-22,24,31H,4-6,8,13H2,1-3H3/t19?,20?,21-,22+,24-,25+,26-/m0/s1. The Morgan fingerprint density at radius 1 is 1.10 bits per heavy atom. The number of aliphatic hydroxyl groups is 1. The summed E-state index contributed by atoms with van der Waals surface area (Å²) in [5.41, 5.74) is 1.09. The molecule has 0 aromatic heterocycles. The topological polar surface area (TPSA) is 40.5 Å². The minimum absolute atomic E-state index is 0.0456. The highest BCUT2D eigenvalue weighted by Crippen LogP contribution is 2.65. The second-order valence-electron chi connectivity index (χ2n) is 10.7. The maximum Gasteiger partial charge on any atom is 0.246 e. The van der Waals surface area contributed by atoms with Crippen LogP contribution >= 0.6 is 0 Å². The molecule has 1 aromatic rings. The number of likely N-dealkylation sites (N-methyl/N-ethyl adjacent to an activating group) is 1. The summed E-state index contributed by atoms with van der Waals surface area (Å²) >= 11 is 0. The van der Waals surface area contributed by atoms with E-state index in [1.165, 1.54) is 12.1 Å². The van der Waals surface area contributed by atoms with E-state index in [0.717, 1.165) is 43.7 Å². The van der Waals surface area contributed by atoms with Crippen LogP contribution in [0.25, 0.3) is 6.08 Å². The summed E-state index contributed by atoms with van der Waals surface area (Å²) in [6, 6.07) is 3.74. The van der Waals surface area contributed by atoms with E-state index in [0.29, 0.717) is 23.3 Å². The SMILES string of the molecule is CN1C(=O)C=C[C@]2(C)C3CC[C@]4(C)[C@@H](O)C(=Cc5cc(F)cc(F)c5)C[C@H]4C3CC[C@@H]12. The molecule has 166 valence electrons. The van der Waals surface area contributed by atoms with E-state index in [4.69, 9.17) is 0 Å². The molecule has 0 radical (unpaired) electrons. The summed E-state index contributed by atoms with van der Waals surface area (Å²) in [7, 11) is 1.92. The van der Waals surface area contributed by atoms with Crippen LogP contribution in [-0.2, 0) is 4.79 Å². The number of hydrogen-bond acceptors (Lipinski definition) is 2. The molecular formula is C26H31F2NO2. The van der Waals surface area contributed by atoms with Crippen molar-refractivity contribution in [2.45, 2.75) is 58.1 Å². The normalized spacial score (nSPS) is 43.0. The predicted molar refractivity (Wildman–Crippen MR) is 116 cm³/mol. The molecule has 0 bridgehead atoms. The van der Waals surface area contributed by atoms with Gasteiger partial charge in [-0.15, -0.1) is 0 Å². The molecule has 0 spiro atoms. The van der Waals surface area contributed by atoms with E-state index in [1.54, 1.807) is 12.2 Å². The van der Waals surface area contributed by atoms with Gasteiger partial charge in [-0.2, -0.15) is 0 Å². The zero-order valence-corrected chi connectivity index (χ0v) is 18.4. The lowest BCUT2D eigenvalue weighted by Crippen LogP contribution is -2.59. The van der Waals surface area contributed by atoms with Crippen LogP contribution < -0.4 is 0 Å². The van der Waals surface area contributed by atoms with Crippen molar-refractivity contribution in [1.82, 2.24) is 4.90 Å². The van der Waals surface area contributed by atoms with Gasteiger partial charge in [-0.25, -0.2) is 8.78 Å². The molecule has 1 amide bonds. The van der Waals surface area contributed by atoms with Crippen LogP contribution in [0.1, 0.15) is 51.5 Å². The number of hydrogen-bond donors (Lipinski definition) is 1. The van der Waals surface area contributed by atoms with Crippen molar-refractivity contribution in [2.24, 2.45) is 28.6 Å². The fourth-order valence-corrected chi connectivity index (χ4v) is 7.61. The molecule has 7 atom stereocenters. The number of carbonyl (C=O) groups excluding carboxylic acids is 1. The predicted octanol–water partition coefficient (Wildman–Crippen LogP) is 4.96. The van der Waals surface area contributed by atoms with Crippen LogP contribution in [0.15, 0.2) is 35.9 Å². The molecule has 4 aliphatic rings. The molecule has 2 unspecified atom stereocenters. The number of amides is 1. The van der Waals surface area contributed by atoms with Gasteiger partial charge in [0.1, 0.15) is 11.6 Å². The fraction of sp³-hybridized carbons (Fsp3) is 0.577. The Labute approximate surface area is 182 Å². The maximum atomic E-state index is 13.7. The quantitative estimate of drug-likeness (QED) is 0.688. The number of aliphatic hydroxyl groups excluding tert-OH is 1. The zero-order chi connectivity index (χ0) is 22.1. The fourth-order valence-electron chi connectivity index (χ4n) is 7.61. The monoisotopic (exact) mass is 427 g/mol. The molecule has 31 heavy (non-hydrogen) atoms. The molecule has 3 fully saturated rings. The summed E-state index contributed by atoms with van der Waals surface area (Å²) < 4.78 is 27.4. The van der Waals surface area contributed by atoms with Gasteiger partial charge in [0.25, 0.3) is 0 Å². The maximum absolute atomic E-state index is 13.7. The average molecular weight is 428 g/mol. The number of carbonyl (C=O) groups is 1. The van der Waals surface area contributed by atoms with Gasteiger partial charge in [0.15, 0.2) is 0 Å². The van der Waals surface area contributed by atoms with E-state index in [2.05, 4.69) is 19.9 Å². The smallest absolute Gasteiger partial charge is 0.246 e.